The van der Waals surface area contributed by atoms with E-state index in [0.717, 1.165) is 36.6 Å². The van der Waals surface area contributed by atoms with E-state index in [1.54, 1.807) is 11.3 Å². The van der Waals surface area contributed by atoms with E-state index in [0.29, 0.717) is 6.42 Å². The van der Waals surface area contributed by atoms with Gasteiger partial charge in [0.2, 0.25) is 0 Å². The second kappa shape index (κ2) is 5.37. The summed E-state index contributed by atoms with van der Waals surface area (Å²) >= 11 is 1.68. The Morgan fingerprint density at radius 3 is 3.33 bits per heavy atom. The molecule has 4 heteroatoms. The molecule has 3 nitrogen and oxygen atoms in total. The third-order valence-corrected chi connectivity index (χ3v) is 3.79. The van der Waals surface area contributed by atoms with E-state index in [-0.39, 0.29) is 0 Å². The lowest BCUT2D eigenvalue weighted by Gasteiger charge is -2.21. The van der Waals surface area contributed by atoms with E-state index < -0.39 is 0 Å². The van der Waals surface area contributed by atoms with Crippen molar-refractivity contribution in [3.05, 3.63) is 16.1 Å². The third-order valence-electron chi connectivity index (χ3n) is 2.75. The first kappa shape index (κ1) is 10.8. The Morgan fingerprint density at radius 2 is 2.60 bits per heavy atom. The molecular formula is C11H16N2OS. The lowest BCUT2D eigenvalue weighted by molar-refractivity contribution is -0.107. The van der Waals surface area contributed by atoms with Crippen LogP contribution in [-0.2, 0) is 17.6 Å². The highest BCUT2D eigenvalue weighted by Gasteiger charge is 2.15. The predicted octanol–water partition coefficient (Wildman–Crippen LogP) is 1.43. The molecule has 0 aromatic carbocycles. The maximum atomic E-state index is 10.3. The molecule has 0 aliphatic carbocycles. The van der Waals surface area contributed by atoms with Crippen LogP contribution in [0.2, 0.25) is 0 Å². The fourth-order valence-corrected chi connectivity index (χ4v) is 2.95. The molecule has 1 aliphatic rings. The van der Waals surface area contributed by atoms with Crippen LogP contribution in [0, 0.1) is 5.92 Å². The lowest BCUT2D eigenvalue weighted by atomic mass is 9.97. The van der Waals surface area contributed by atoms with Crippen molar-refractivity contribution in [2.45, 2.75) is 25.7 Å². The minimum Gasteiger partial charge on any atom is -0.316 e. The van der Waals surface area contributed by atoms with E-state index in [1.807, 2.05) is 6.20 Å². The van der Waals surface area contributed by atoms with Gasteiger partial charge in [0.25, 0.3) is 0 Å². The summed E-state index contributed by atoms with van der Waals surface area (Å²) in [7, 11) is 0. The zero-order chi connectivity index (χ0) is 10.5. The van der Waals surface area contributed by atoms with Crippen molar-refractivity contribution in [3.63, 3.8) is 0 Å². The topological polar surface area (TPSA) is 42.0 Å². The van der Waals surface area contributed by atoms with Crippen molar-refractivity contribution in [1.82, 2.24) is 10.3 Å². The molecule has 1 aromatic heterocycles. The van der Waals surface area contributed by atoms with Gasteiger partial charge in [-0.15, -0.1) is 11.3 Å². The van der Waals surface area contributed by atoms with E-state index in [9.17, 15) is 4.79 Å². The molecule has 82 valence electrons. The Balaban J connectivity index is 1.88. The van der Waals surface area contributed by atoms with Crippen LogP contribution >= 0.6 is 11.3 Å². The normalized spacial score (nSPS) is 21.5. The molecule has 1 unspecified atom stereocenters. The SMILES string of the molecule is O=CCc1cnc(CC2CCCNC2)s1. The van der Waals surface area contributed by atoms with Crippen LogP contribution < -0.4 is 5.32 Å². The zero-order valence-corrected chi connectivity index (χ0v) is 9.55. The predicted molar refractivity (Wildman–Crippen MR) is 61.2 cm³/mol. The molecule has 2 heterocycles. The van der Waals surface area contributed by atoms with Gasteiger partial charge in [0.15, 0.2) is 0 Å². The summed E-state index contributed by atoms with van der Waals surface area (Å²) in [6.45, 7) is 2.27. The van der Waals surface area contributed by atoms with Crippen LogP contribution in [0.3, 0.4) is 0 Å². The number of piperidine rings is 1. The second-order valence-corrected chi connectivity index (χ2v) is 5.21. The average Bonchev–Trinajstić information content (AvgIpc) is 2.68. The van der Waals surface area contributed by atoms with Gasteiger partial charge >= 0.3 is 0 Å². The van der Waals surface area contributed by atoms with Crippen molar-refractivity contribution in [2.75, 3.05) is 13.1 Å². The number of hydrogen-bond donors (Lipinski definition) is 1. The van der Waals surface area contributed by atoms with E-state index >= 15 is 0 Å². The first-order valence-electron chi connectivity index (χ1n) is 5.46. The van der Waals surface area contributed by atoms with Gasteiger partial charge in [0.05, 0.1) is 5.01 Å². The second-order valence-electron chi connectivity index (χ2n) is 4.01. The quantitative estimate of drug-likeness (QED) is 0.787. The maximum Gasteiger partial charge on any atom is 0.125 e. The summed E-state index contributed by atoms with van der Waals surface area (Å²) in [6, 6.07) is 0. The first-order valence-corrected chi connectivity index (χ1v) is 6.28. The van der Waals surface area contributed by atoms with Crippen LogP contribution in [0.5, 0.6) is 0 Å². The minimum atomic E-state index is 0.514. The van der Waals surface area contributed by atoms with E-state index in [2.05, 4.69) is 10.3 Å². The third kappa shape index (κ3) is 3.11. The molecule has 0 amide bonds. The molecule has 1 N–H and O–H groups in total. The standard InChI is InChI=1S/C11H16N2OS/c14-5-3-10-8-13-11(15-10)6-9-2-1-4-12-7-9/h5,8-9,12H,1-4,6-7H2. The van der Waals surface area contributed by atoms with Gasteiger partial charge in [-0.05, 0) is 31.8 Å². The molecule has 1 atom stereocenters. The van der Waals surface area contributed by atoms with Gasteiger partial charge in [-0.1, -0.05) is 0 Å². The lowest BCUT2D eigenvalue weighted by Crippen LogP contribution is -2.30. The summed E-state index contributed by atoms with van der Waals surface area (Å²) in [5, 5.41) is 4.59. The van der Waals surface area contributed by atoms with E-state index in [1.165, 1.54) is 17.8 Å². The highest BCUT2D eigenvalue weighted by Crippen LogP contribution is 2.20. The number of carbonyl (C=O) groups excluding carboxylic acids is 1. The molecule has 2 rings (SSSR count). The van der Waals surface area contributed by atoms with E-state index in [4.69, 9.17) is 0 Å². The number of hydrogen-bond acceptors (Lipinski definition) is 4. The van der Waals surface area contributed by atoms with Gasteiger partial charge in [-0.3, -0.25) is 0 Å². The van der Waals surface area contributed by atoms with Crippen LogP contribution in [0.15, 0.2) is 6.20 Å². The summed E-state index contributed by atoms with van der Waals surface area (Å²) < 4.78 is 0. The van der Waals surface area contributed by atoms with Gasteiger partial charge in [-0.2, -0.15) is 0 Å². The van der Waals surface area contributed by atoms with Crippen molar-refractivity contribution >= 4 is 17.6 Å². The molecule has 0 radical (unpaired) electrons. The average molecular weight is 224 g/mol. The minimum absolute atomic E-state index is 0.514. The van der Waals surface area contributed by atoms with Crippen LogP contribution in [0.1, 0.15) is 22.7 Å². The number of carbonyl (C=O) groups is 1. The number of thiazole rings is 1. The highest BCUT2D eigenvalue weighted by atomic mass is 32.1. The van der Waals surface area contributed by atoms with Crippen molar-refractivity contribution in [2.24, 2.45) is 5.92 Å². The molecule has 0 spiro atoms. The van der Waals surface area contributed by atoms with Crippen LogP contribution in [-0.4, -0.2) is 24.4 Å². The number of nitrogens with one attached hydrogen (secondary N) is 1. The monoisotopic (exact) mass is 224 g/mol. The Kier molecular flexibility index (Phi) is 3.86. The molecule has 1 aromatic rings. The zero-order valence-electron chi connectivity index (χ0n) is 8.74. The smallest absolute Gasteiger partial charge is 0.125 e. The van der Waals surface area contributed by atoms with Gasteiger partial charge < -0.3 is 10.1 Å². The van der Waals surface area contributed by atoms with Gasteiger partial charge in [0.1, 0.15) is 6.29 Å². The fraction of sp³-hybridized carbons (Fsp3) is 0.636. The molecule has 1 fully saturated rings. The molecule has 0 bridgehead atoms. The highest BCUT2D eigenvalue weighted by molar-refractivity contribution is 7.11. The Hall–Kier alpha value is -0.740. The van der Waals surface area contributed by atoms with Crippen LogP contribution in [0.25, 0.3) is 0 Å². The Morgan fingerprint density at radius 1 is 1.67 bits per heavy atom. The summed E-state index contributed by atoms with van der Waals surface area (Å²) in [5.41, 5.74) is 0. The molecule has 15 heavy (non-hydrogen) atoms. The molecule has 1 saturated heterocycles. The van der Waals surface area contributed by atoms with Crippen molar-refractivity contribution in [3.8, 4) is 0 Å². The molecule has 0 saturated carbocycles. The van der Waals surface area contributed by atoms with Crippen LogP contribution in [0.4, 0.5) is 0 Å². The summed E-state index contributed by atoms with van der Waals surface area (Å²) in [5.74, 6) is 0.731. The number of aldehydes is 1. The maximum absolute atomic E-state index is 10.3. The number of rotatable bonds is 4. The largest absolute Gasteiger partial charge is 0.316 e. The molecular weight excluding hydrogens is 208 g/mol. The van der Waals surface area contributed by atoms with Gasteiger partial charge in [-0.25, -0.2) is 4.98 Å². The summed E-state index contributed by atoms with van der Waals surface area (Å²) in [6.07, 6.45) is 6.94. The number of nitrogens with zero attached hydrogens (tertiary/aromatic N) is 1. The molecule has 1 aliphatic heterocycles. The fourth-order valence-electron chi connectivity index (χ4n) is 1.96. The van der Waals surface area contributed by atoms with Crippen molar-refractivity contribution < 1.29 is 4.79 Å². The Labute approximate surface area is 93.9 Å². The summed E-state index contributed by atoms with van der Waals surface area (Å²) in [4.78, 5) is 15.8. The first-order chi connectivity index (χ1) is 7.38. The Bertz CT molecular complexity index is 318. The van der Waals surface area contributed by atoms with Crippen molar-refractivity contribution in [1.29, 1.82) is 0 Å². The number of aromatic nitrogens is 1. The van der Waals surface area contributed by atoms with Gasteiger partial charge in [0, 0.05) is 23.9 Å².